The number of nitrogens with zero attached hydrogens (tertiary/aromatic N) is 3. The van der Waals surface area contributed by atoms with Crippen molar-refractivity contribution in [2.24, 2.45) is 28.1 Å². The molecule has 1 aromatic carbocycles. The number of aromatic hydroxyl groups is 1. The molecule has 0 spiro atoms. The fourth-order valence-corrected chi connectivity index (χ4v) is 6.69. The number of aliphatic hydroxyl groups excluding tert-OH is 2. The monoisotopic (exact) mass is 804 g/mol. The number of nitrogens with two attached hydrogens (primary N) is 3. The molecule has 57 heavy (non-hydrogen) atoms. The van der Waals surface area contributed by atoms with Gasteiger partial charge < -0.3 is 68.7 Å². The van der Waals surface area contributed by atoms with Crippen molar-refractivity contribution in [1.29, 1.82) is 0 Å². The smallest absolute Gasteiger partial charge is 0.326 e. The van der Waals surface area contributed by atoms with Crippen LogP contribution in [0, 0.1) is 5.92 Å². The van der Waals surface area contributed by atoms with Crippen LogP contribution in [0.1, 0.15) is 57.9 Å². The lowest BCUT2D eigenvalue weighted by Gasteiger charge is -2.33. The molecule has 7 atom stereocenters. The van der Waals surface area contributed by atoms with Crippen LogP contribution in [0.25, 0.3) is 0 Å². The van der Waals surface area contributed by atoms with Gasteiger partial charge in [-0.15, -0.1) is 0 Å². The predicted octanol–water partition coefficient (Wildman–Crippen LogP) is -4.04. The highest BCUT2D eigenvalue weighted by Gasteiger charge is 2.44. The highest BCUT2D eigenvalue weighted by molar-refractivity contribution is 5.97. The summed E-state index contributed by atoms with van der Waals surface area (Å²) in [4.78, 5) is 99.3. The van der Waals surface area contributed by atoms with Gasteiger partial charge in [0.15, 0.2) is 5.96 Å². The van der Waals surface area contributed by atoms with Gasteiger partial charge in [-0.1, -0.05) is 26.0 Å². The molecule has 3 rings (SSSR count). The molecule has 6 amide bonds. The summed E-state index contributed by atoms with van der Waals surface area (Å²) in [5, 5.41) is 48.6. The van der Waals surface area contributed by atoms with Crippen molar-refractivity contribution in [2.75, 3.05) is 32.8 Å². The number of amides is 6. The van der Waals surface area contributed by atoms with E-state index in [2.05, 4.69) is 26.3 Å². The number of aliphatic hydroxyl groups is 2. The highest BCUT2D eigenvalue weighted by Crippen LogP contribution is 2.26. The van der Waals surface area contributed by atoms with Crippen LogP contribution in [-0.4, -0.2) is 153 Å². The number of benzene rings is 1. The van der Waals surface area contributed by atoms with E-state index in [0.29, 0.717) is 18.4 Å². The summed E-state index contributed by atoms with van der Waals surface area (Å²) in [6.45, 7) is 2.23. The van der Waals surface area contributed by atoms with E-state index >= 15 is 0 Å². The molecule has 0 aromatic heterocycles. The second-order valence-electron chi connectivity index (χ2n) is 14.4. The predicted molar refractivity (Wildman–Crippen MR) is 204 cm³/mol. The zero-order chi connectivity index (χ0) is 42.4. The van der Waals surface area contributed by atoms with Crippen LogP contribution in [0.15, 0.2) is 29.3 Å². The van der Waals surface area contributed by atoms with Gasteiger partial charge in [-0.05, 0) is 62.1 Å². The zero-order valence-electron chi connectivity index (χ0n) is 32.1. The molecule has 21 heteroatoms. The number of hydrogen-bond donors (Lipinski definition) is 11. The van der Waals surface area contributed by atoms with E-state index in [1.54, 1.807) is 13.8 Å². The van der Waals surface area contributed by atoms with Gasteiger partial charge in [0.05, 0.1) is 13.2 Å². The van der Waals surface area contributed by atoms with Gasteiger partial charge in [-0.2, -0.15) is 0 Å². The number of carboxylic acid groups (broad SMARTS) is 1. The number of carboxylic acids is 1. The third-order valence-corrected chi connectivity index (χ3v) is 9.81. The number of carbonyl (C=O) groups is 7. The SMILES string of the molecule is CC(C)[C@H](NC(=O)[C@H](CCCN=C(N)N)NC(=O)[C@@H]1CCCN1C(=O)[C@@H]1CCCN1C(=O)[C@H](CO)NC(=O)[C@@H](N)CO)C(=O)N[C@@H](Cc1ccc(O)cc1)C(=O)O. The second-order valence-corrected chi connectivity index (χ2v) is 14.4. The molecule has 21 nitrogen and oxygen atoms in total. The molecule has 2 saturated heterocycles. The van der Waals surface area contributed by atoms with E-state index < -0.39 is 103 Å². The number of hydrogen-bond acceptors (Lipinski definition) is 12. The van der Waals surface area contributed by atoms with Crippen LogP contribution in [0.5, 0.6) is 5.75 Å². The summed E-state index contributed by atoms with van der Waals surface area (Å²) in [7, 11) is 0. The maximum atomic E-state index is 14.0. The largest absolute Gasteiger partial charge is 0.508 e. The number of nitrogens with one attached hydrogen (secondary N) is 4. The number of rotatable bonds is 20. The molecule has 0 radical (unpaired) electrons. The Balaban J connectivity index is 1.76. The van der Waals surface area contributed by atoms with E-state index in [0.717, 1.165) is 0 Å². The lowest BCUT2D eigenvalue weighted by atomic mass is 10.00. The summed E-state index contributed by atoms with van der Waals surface area (Å²) < 4.78 is 0. The molecule has 0 unspecified atom stereocenters. The van der Waals surface area contributed by atoms with Crippen molar-refractivity contribution < 1.29 is 54.0 Å². The first kappa shape index (κ1) is 45.8. The molecule has 1 aromatic rings. The second kappa shape index (κ2) is 21.7. The maximum Gasteiger partial charge on any atom is 0.326 e. The fraction of sp³-hybridized carbons (Fsp3) is 0.611. The van der Waals surface area contributed by atoms with Crippen molar-refractivity contribution in [2.45, 2.75) is 101 Å². The minimum atomic E-state index is -1.43. The summed E-state index contributed by atoms with van der Waals surface area (Å²) in [6, 6.07) is -2.82. The van der Waals surface area contributed by atoms with Crippen LogP contribution in [0.4, 0.5) is 0 Å². The van der Waals surface area contributed by atoms with Crippen molar-refractivity contribution in [3.63, 3.8) is 0 Å². The minimum absolute atomic E-state index is 0.0131. The van der Waals surface area contributed by atoms with Gasteiger partial charge in [0.25, 0.3) is 0 Å². The Kier molecular flexibility index (Phi) is 17.4. The van der Waals surface area contributed by atoms with Gasteiger partial charge in [-0.25, -0.2) is 4.79 Å². The average molecular weight is 805 g/mol. The lowest BCUT2D eigenvalue weighted by molar-refractivity contribution is -0.148. The zero-order valence-corrected chi connectivity index (χ0v) is 32.1. The van der Waals surface area contributed by atoms with Crippen molar-refractivity contribution >= 4 is 47.4 Å². The van der Waals surface area contributed by atoms with E-state index in [-0.39, 0.29) is 63.4 Å². The fourth-order valence-electron chi connectivity index (χ4n) is 6.69. The molecule has 2 aliphatic heterocycles. The topological polar surface area (TPSA) is 345 Å². The van der Waals surface area contributed by atoms with Crippen LogP contribution in [-0.2, 0) is 40.0 Å². The lowest BCUT2D eigenvalue weighted by Crippen LogP contribution is -2.60. The van der Waals surface area contributed by atoms with E-state index in [1.165, 1.54) is 34.1 Å². The molecular weight excluding hydrogens is 748 g/mol. The van der Waals surface area contributed by atoms with Crippen molar-refractivity contribution in [1.82, 2.24) is 31.1 Å². The molecular formula is C36H56N10O11. The number of likely N-dealkylation sites (tertiary alicyclic amines) is 2. The summed E-state index contributed by atoms with van der Waals surface area (Å²) in [6.07, 6.45) is 1.49. The first-order valence-corrected chi connectivity index (χ1v) is 18.8. The third-order valence-electron chi connectivity index (χ3n) is 9.81. The van der Waals surface area contributed by atoms with E-state index in [1.807, 2.05) is 0 Å². The molecule has 316 valence electrons. The maximum absolute atomic E-state index is 14.0. The Morgan fingerprint density at radius 1 is 0.807 bits per heavy atom. The Morgan fingerprint density at radius 3 is 2.00 bits per heavy atom. The normalized spacial score (nSPS) is 19.1. The number of phenols is 1. The Hall–Kier alpha value is -5.54. The highest BCUT2D eigenvalue weighted by atomic mass is 16.4. The number of carbonyl (C=O) groups excluding carboxylic acids is 6. The van der Waals surface area contributed by atoms with Gasteiger partial charge >= 0.3 is 5.97 Å². The third kappa shape index (κ3) is 13.0. The molecule has 2 fully saturated rings. The molecule has 14 N–H and O–H groups in total. The Bertz CT molecular complexity index is 1620. The van der Waals surface area contributed by atoms with Crippen LogP contribution in [0.3, 0.4) is 0 Å². The molecule has 0 aliphatic carbocycles. The minimum Gasteiger partial charge on any atom is -0.508 e. The van der Waals surface area contributed by atoms with Crippen molar-refractivity contribution in [3.05, 3.63) is 29.8 Å². The quantitative estimate of drug-likeness (QED) is 0.0340. The first-order valence-electron chi connectivity index (χ1n) is 18.8. The molecule has 2 heterocycles. The standard InChI is InChI=1S/C36H56N10O11/c1-19(2)28(32(53)42-24(35(56)57)16-20-9-11-21(49)12-10-20)44-30(51)23(6-3-13-40-36(38)39)41-31(52)26-7-4-14-45(26)34(55)27-8-5-15-46(27)33(54)25(18-48)43-29(50)22(37)17-47/h9-12,19,22-28,47-49H,3-8,13-18,37H2,1-2H3,(H,41,52)(H,42,53)(H,43,50)(H,44,51)(H,56,57)(H4,38,39,40)/t22-,23-,24-,25-,26-,27-,28-/m0/s1. The van der Waals surface area contributed by atoms with Crippen molar-refractivity contribution in [3.8, 4) is 5.75 Å². The summed E-state index contributed by atoms with van der Waals surface area (Å²) in [5.74, 6) is -6.37. The van der Waals surface area contributed by atoms with Gasteiger partial charge in [0.2, 0.25) is 35.4 Å². The number of aliphatic imine (C=N–C) groups is 1. The molecule has 2 aliphatic rings. The van der Waals surface area contributed by atoms with Gasteiger partial charge in [0.1, 0.15) is 48.0 Å². The van der Waals surface area contributed by atoms with Crippen LogP contribution in [0.2, 0.25) is 0 Å². The Morgan fingerprint density at radius 2 is 1.42 bits per heavy atom. The summed E-state index contributed by atoms with van der Waals surface area (Å²) in [5.41, 5.74) is 16.9. The number of aliphatic carboxylic acids is 1. The van der Waals surface area contributed by atoms with Crippen LogP contribution < -0.4 is 38.5 Å². The van der Waals surface area contributed by atoms with Gasteiger partial charge in [0, 0.05) is 26.1 Å². The van der Waals surface area contributed by atoms with Crippen LogP contribution >= 0.6 is 0 Å². The Labute approximate surface area is 329 Å². The summed E-state index contributed by atoms with van der Waals surface area (Å²) >= 11 is 0. The van der Waals surface area contributed by atoms with E-state index in [4.69, 9.17) is 17.2 Å². The van der Waals surface area contributed by atoms with E-state index in [9.17, 15) is 54.0 Å². The average Bonchev–Trinajstić information content (AvgIpc) is 3.87. The number of guanidine groups is 1. The number of phenolic OH excluding ortho intramolecular Hbond substituents is 1. The van der Waals surface area contributed by atoms with Gasteiger partial charge in [-0.3, -0.25) is 33.8 Å². The molecule has 0 bridgehead atoms. The molecule has 0 saturated carbocycles. The first-order chi connectivity index (χ1) is 27.0.